The minimum Gasteiger partial charge on any atom is -0.310 e. The van der Waals surface area contributed by atoms with Crippen molar-refractivity contribution in [3.8, 4) is 0 Å². The number of fused-ring (bicyclic) bond motifs is 3. The summed E-state index contributed by atoms with van der Waals surface area (Å²) < 4.78 is 6.21. The van der Waals surface area contributed by atoms with Gasteiger partial charge >= 0.3 is 5.69 Å². The SMILES string of the molecule is C=CCn1c(C)cn2c3c(=O)n(Cc4ccc(Cl)c(Cl)c4)c(=O)n(C)c3nc12. The highest BCUT2D eigenvalue weighted by Crippen LogP contribution is 2.23. The standard InChI is InChI=1S/C19H17Cl2N5O2/c1-4-7-24-11(2)9-25-15-16(22-18(24)25)23(3)19(28)26(17(15)27)10-12-5-6-13(20)14(21)8-12/h4-6,8-9H,1,7,10H2,2-3H3. The van der Waals surface area contributed by atoms with Crippen LogP contribution in [0.2, 0.25) is 10.0 Å². The molecule has 4 rings (SSSR count). The first-order valence-electron chi connectivity index (χ1n) is 8.56. The number of allylic oxidation sites excluding steroid dienone is 1. The number of imidazole rings is 2. The van der Waals surface area contributed by atoms with E-state index in [2.05, 4.69) is 11.6 Å². The second-order valence-corrected chi connectivity index (χ2v) is 7.42. The van der Waals surface area contributed by atoms with Gasteiger partial charge in [-0.2, -0.15) is 4.98 Å². The van der Waals surface area contributed by atoms with E-state index in [9.17, 15) is 9.59 Å². The highest BCUT2D eigenvalue weighted by atomic mass is 35.5. The van der Waals surface area contributed by atoms with E-state index in [1.165, 1.54) is 9.13 Å². The predicted molar refractivity (Wildman–Crippen MR) is 111 cm³/mol. The second-order valence-electron chi connectivity index (χ2n) is 6.61. The predicted octanol–water partition coefficient (Wildman–Crippen LogP) is 3.00. The second kappa shape index (κ2) is 6.68. The summed E-state index contributed by atoms with van der Waals surface area (Å²) in [5, 5.41) is 0.784. The molecule has 144 valence electrons. The quantitative estimate of drug-likeness (QED) is 0.479. The number of nitrogens with zero attached hydrogens (tertiary/aromatic N) is 5. The summed E-state index contributed by atoms with van der Waals surface area (Å²) in [4.78, 5) is 30.6. The Morgan fingerprint density at radius 1 is 1.18 bits per heavy atom. The number of aryl methyl sites for hydroxylation is 2. The van der Waals surface area contributed by atoms with Crippen molar-refractivity contribution < 1.29 is 0 Å². The molecule has 0 spiro atoms. The van der Waals surface area contributed by atoms with Crippen LogP contribution in [0.3, 0.4) is 0 Å². The molecule has 0 saturated carbocycles. The van der Waals surface area contributed by atoms with Crippen LogP contribution in [0.1, 0.15) is 11.3 Å². The normalized spacial score (nSPS) is 11.6. The molecule has 0 aliphatic heterocycles. The first kappa shape index (κ1) is 18.6. The molecular weight excluding hydrogens is 401 g/mol. The van der Waals surface area contributed by atoms with Crippen LogP contribution >= 0.6 is 23.2 Å². The Labute approximate surface area is 169 Å². The van der Waals surface area contributed by atoms with Gasteiger partial charge in [-0.25, -0.2) is 4.79 Å². The van der Waals surface area contributed by atoms with Crippen molar-refractivity contribution in [2.75, 3.05) is 0 Å². The summed E-state index contributed by atoms with van der Waals surface area (Å²) in [6, 6.07) is 5.03. The molecule has 1 aromatic carbocycles. The summed E-state index contributed by atoms with van der Waals surface area (Å²) in [7, 11) is 1.60. The lowest BCUT2D eigenvalue weighted by molar-refractivity contribution is 0.656. The number of hydrogen-bond donors (Lipinski definition) is 0. The minimum atomic E-state index is -0.448. The van der Waals surface area contributed by atoms with Crippen molar-refractivity contribution in [3.05, 3.63) is 79.2 Å². The van der Waals surface area contributed by atoms with Crippen LogP contribution in [0.4, 0.5) is 0 Å². The molecule has 0 bridgehead atoms. The average molecular weight is 418 g/mol. The number of rotatable bonds is 4. The van der Waals surface area contributed by atoms with Crippen molar-refractivity contribution in [1.82, 2.24) is 23.1 Å². The van der Waals surface area contributed by atoms with Crippen molar-refractivity contribution >= 4 is 40.1 Å². The molecule has 0 aliphatic carbocycles. The lowest BCUT2D eigenvalue weighted by Gasteiger charge is -2.09. The van der Waals surface area contributed by atoms with E-state index >= 15 is 0 Å². The van der Waals surface area contributed by atoms with Gasteiger partial charge in [0.05, 0.1) is 16.6 Å². The molecule has 3 aromatic heterocycles. The molecule has 0 atom stereocenters. The fourth-order valence-corrected chi connectivity index (χ4v) is 3.69. The fourth-order valence-electron chi connectivity index (χ4n) is 3.37. The Morgan fingerprint density at radius 2 is 1.93 bits per heavy atom. The van der Waals surface area contributed by atoms with Crippen LogP contribution in [-0.4, -0.2) is 23.1 Å². The smallest absolute Gasteiger partial charge is 0.310 e. The average Bonchev–Trinajstić information content (AvgIpc) is 3.16. The Kier molecular flexibility index (Phi) is 4.44. The van der Waals surface area contributed by atoms with E-state index < -0.39 is 11.2 Å². The third kappa shape index (κ3) is 2.70. The topological polar surface area (TPSA) is 66.2 Å². The Hall–Kier alpha value is -2.77. The number of halogens is 2. The largest absolute Gasteiger partial charge is 0.332 e. The summed E-state index contributed by atoms with van der Waals surface area (Å²) in [5.41, 5.74) is 1.47. The molecule has 7 nitrogen and oxygen atoms in total. The number of benzene rings is 1. The van der Waals surface area contributed by atoms with Gasteiger partial charge in [0.25, 0.3) is 5.56 Å². The molecule has 0 aliphatic rings. The Balaban J connectivity index is 2.00. The number of aromatic nitrogens is 5. The molecule has 3 heterocycles. The summed E-state index contributed by atoms with van der Waals surface area (Å²) in [6.07, 6.45) is 3.59. The highest BCUT2D eigenvalue weighted by molar-refractivity contribution is 6.42. The lowest BCUT2D eigenvalue weighted by atomic mass is 10.2. The summed E-state index contributed by atoms with van der Waals surface area (Å²) >= 11 is 12.0. The van der Waals surface area contributed by atoms with Gasteiger partial charge in [0, 0.05) is 25.5 Å². The van der Waals surface area contributed by atoms with Crippen LogP contribution in [-0.2, 0) is 20.1 Å². The molecule has 4 aromatic rings. The monoisotopic (exact) mass is 417 g/mol. The summed E-state index contributed by atoms with van der Waals surface area (Å²) in [6.45, 7) is 6.33. The Morgan fingerprint density at radius 3 is 2.61 bits per heavy atom. The van der Waals surface area contributed by atoms with Gasteiger partial charge in [0.15, 0.2) is 11.2 Å². The van der Waals surface area contributed by atoms with E-state index in [1.807, 2.05) is 17.7 Å². The summed E-state index contributed by atoms with van der Waals surface area (Å²) in [5.74, 6) is 0.590. The zero-order valence-corrected chi connectivity index (χ0v) is 16.8. The molecule has 0 amide bonds. The molecule has 0 unspecified atom stereocenters. The first-order valence-corrected chi connectivity index (χ1v) is 9.31. The van der Waals surface area contributed by atoms with Crippen molar-refractivity contribution in [1.29, 1.82) is 0 Å². The van der Waals surface area contributed by atoms with Gasteiger partial charge in [-0.3, -0.25) is 18.3 Å². The van der Waals surface area contributed by atoms with Crippen LogP contribution in [0.5, 0.6) is 0 Å². The van der Waals surface area contributed by atoms with E-state index in [0.29, 0.717) is 39.1 Å². The maximum Gasteiger partial charge on any atom is 0.332 e. The van der Waals surface area contributed by atoms with E-state index in [0.717, 1.165) is 5.69 Å². The molecule has 0 N–H and O–H groups in total. The first-order chi connectivity index (χ1) is 13.3. The van der Waals surface area contributed by atoms with Crippen molar-refractivity contribution in [2.45, 2.75) is 20.0 Å². The van der Waals surface area contributed by atoms with Crippen LogP contribution in [0.15, 0.2) is 46.6 Å². The molecule has 0 fully saturated rings. The zero-order chi connectivity index (χ0) is 20.2. The molecular formula is C19H17Cl2N5O2. The van der Waals surface area contributed by atoms with Crippen molar-refractivity contribution in [3.63, 3.8) is 0 Å². The van der Waals surface area contributed by atoms with Crippen molar-refractivity contribution in [2.24, 2.45) is 7.05 Å². The fraction of sp³-hybridized carbons (Fsp3) is 0.211. The Bertz CT molecular complexity index is 1370. The third-order valence-corrected chi connectivity index (χ3v) is 5.52. The van der Waals surface area contributed by atoms with Gasteiger partial charge in [-0.1, -0.05) is 35.3 Å². The molecule has 0 saturated heterocycles. The highest BCUT2D eigenvalue weighted by Gasteiger charge is 2.20. The lowest BCUT2D eigenvalue weighted by Crippen LogP contribution is -2.39. The van der Waals surface area contributed by atoms with Crippen LogP contribution in [0.25, 0.3) is 16.9 Å². The van der Waals surface area contributed by atoms with E-state index in [1.54, 1.807) is 35.7 Å². The van der Waals surface area contributed by atoms with Gasteiger partial charge < -0.3 is 4.57 Å². The van der Waals surface area contributed by atoms with Gasteiger partial charge in [0.2, 0.25) is 5.78 Å². The third-order valence-electron chi connectivity index (χ3n) is 4.78. The van der Waals surface area contributed by atoms with Gasteiger partial charge in [-0.15, -0.1) is 6.58 Å². The molecule has 0 radical (unpaired) electrons. The maximum atomic E-state index is 13.2. The van der Waals surface area contributed by atoms with Gasteiger partial charge in [-0.05, 0) is 24.6 Å². The minimum absolute atomic E-state index is 0.0813. The zero-order valence-electron chi connectivity index (χ0n) is 15.3. The van der Waals surface area contributed by atoms with Gasteiger partial charge in [0.1, 0.15) is 0 Å². The maximum absolute atomic E-state index is 13.2. The van der Waals surface area contributed by atoms with E-state index in [4.69, 9.17) is 23.2 Å². The molecule has 28 heavy (non-hydrogen) atoms. The number of hydrogen-bond acceptors (Lipinski definition) is 3. The van der Waals surface area contributed by atoms with E-state index in [-0.39, 0.29) is 6.54 Å². The van der Waals surface area contributed by atoms with Crippen LogP contribution < -0.4 is 11.2 Å². The van der Waals surface area contributed by atoms with Crippen LogP contribution in [0, 0.1) is 6.92 Å². The molecule has 9 heteroatoms.